The highest BCUT2D eigenvalue weighted by Crippen LogP contribution is 2.38. The normalized spacial score (nSPS) is 10.9. The van der Waals surface area contributed by atoms with Crippen molar-refractivity contribution in [2.24, 2.45) is 0 Å². The van der Waals surface area contributed by atoms with Crippen LogP contribution in [0.2, 0.25) is 0 Å². The molecule has 124 valence electrons. The average molecular weight is 428 g/mol. The maximum atomic E-state index is 6.09. The summed E-state index contributed by atoms with van der Waals surface area (Å²) in [4.78, 5) is 8.22. The molecule has 0 radical (unpaired) electrons. The molecule has 1 aromatic heterocycles. The SMILES string of the molecule is CCc1nc(N)nc(N)c1Oc1cc(I)c(OC)cc1C(C)C. The van der Waals surface area contributed by atoms with E-state index in [0.717, 1.165) is 20.6 Å². The number of rotatable bonds is 5. The zero-order valence-electron chi connectivity index (χ0n) is 13.7. The highest BCUT2D eigenvalue weighted by Gasteiger charge is 2.18. The van der Waals surface area contributed by atoms with E-state index in [9.17, 15) is 0 Å². The Morgan fingerprint density at radius 1 is 1.17 bits per heavy atom. The first kappa shape index (κ1) is 17.6. The van der Waals surface area contributed by atoms with E-state index >= 15 is 0 Å². The van der Waals surface area contributed by atoms with Gasteiger partial charge in [0.15, 0.2) is 11.6 Å². The molecular formula is C16H21IN4O2. The second kappa shape index (κ2) is 7.20. The van der Waals surface area contributed by atoms with Gasteiger partial charge in [-0.05, 0) is 47.1 Å². The molecule has 0 aliphatic rings. The lowest BCUT2D eigenvalue weighted by Crippen LogP contribution is -2.07. The standard InChI is InChI=1S/C16H21IN4O2/c1-5-11-14(15(18)21-16(19)20-11)23-12-7-10(17)13(22-4)6-9(12)8(2)3/h6-8H,5H2,1-4H3,(H4,18,19,20,21). The van der Waals surface area contributed by atoms with Crippen molar-refractivity contribution in [3.05, 3.63) is 27.0 Å². The molecule has 0 atom stereocenters. The van der Waals surface area contributed by atoms with Crippen LogP contribution in [0.25, 0.3) is 0 Å². The summed E-state index contributed by atoms with van der Waals surface area (Å²) < 4.78 is 12.4. The van der Waals surface area contributed by atoms with E-state index in [-0.39, 0.29) is 17.7 Å². The van der Waals surface area contributed by atoms with Crippen molar-refractivity contribution in [2.45, 2.75) is 33.1 Å². The summed E-state index contributed by atoms with van der Waals surface area (Å²) in [6.45, 7) is 6.16. The van der Waals surface area contributed by atoms with Gasteiger partial charge in [-0.15, -0.1) is 0 Å². The number of hydrogen-bond donors (Lipinski definition) is 2. The number of aromatic nitrogens is 2. The maximum absolute atomic E-state index is 6.09. The summed E-state index contributed by atoms with van der Waals surface area (Å²) in [6.07, 6.45) is 0.649. The van der Waals surface area contributed by atoms with E-state index in [1.165, 1.54) is 0 Å². The second-order valence-corrected chi connectivity index (χ2v) is 6.54. The first-order valence-electron chi connectivity index (χ1n) is 7.34. The molecule has 2 aromatic rings. The zero-order chi connectivity index (χ0) is 17.1. The number of halogens is 1. The molecule has 0 unspecified atom stereocenters. The van der Waals surface area contributed by atoms with Crippen molar-refractivity contribution in [2.75, 3.05) is 18.6 Å². The fourth-order valence-corrected chi connectivity index (χ4v) is 2.90. The number of nitrogen functional groups attached to an aromatic ring is 2. The van der Waals surface area contributed by atoms with E-state index in [0.29, 0.717) is 17.9 Å². The Kier molecular flexibility index (Phi) is 5.51. The molecule has 0 amide bonds. The summed E-state index contributed by atoms with van der Waals surface area (Å²) in [5, 5.41) is 0. The number of anilines is 2. The predicted octanol–water partition coefficient (Wildman–Crippen LogP) is 3.73. The van der Waals surface area contributed by atoms with Gasteiger partial charge in [0.25, 0.3) is 0 Å². The summed E-state index contributed by atoms with van der Waals surface area (Å²) in [5.74, 6) is 2.66. The van der Waals surface area contributed by atoms with E-state index in [1.807, 2.05) is 19.1 Å². The van der Waals surface area contributed by atoms with Crippen LogP contribution >= 0.6 is 22.6 Å². The van der Waals surface area contributed by atoms with Crippen molar-refractivity contribution in [3.63, 3.8) is 0 Å². The number of methoxy groups -OCH3 is 1. The third-order valence-corrected chi connectivity index (χ3v) is 4.28. The zero-order valence-corrected chi connectivity index (χ0v) is 15.8. The summed E-state index contributed by atoms with van der Waals surface area (Å²) >= 11 is 2.21. The molecule has 0 saturated heterocycles. The third-order valence-electron chi connectivity index (χ3n) is 3.43. The monoisotopic (exact) mass is 428 g/mol. The van der Waals surface area contributed by atoms with Crippen LogP contribution in [0.5, 0.6) is 17.2 Å². The highest BCUT2D eigenvalue weighted by molar-refractivity contribution is 14.1. The molecule has 23 heavy (non-hydrogen) atoms. The van der Waals surface area contributed by atoms with Crippen molar-refractivity contribution in [1.29, 1.82) is 0 Å². The fraction of sp³-hybridized carbons (Fsp3) is 0.375. The van der Waals surface area contributed by atoms with Crippen LogP contribution in [0.1, 0.15) is 37.9 Å². The summed E-state index contributed by atoms with van der Waals surface area (Å²) in [6, 6.07) is 3.92. The van der Waals surface area contributed by atoms with Gasteiger partial charge in [-0.1, -0.05) is 20.8 Å². The number of hydrogen-bond acceptors (Lipinski definition) is 6. The van der Waals surface area contributed by atoms with Crippen LogP contribution in [0.15, 0.2) is 12.1 Å². The molecule has 0 bridgehead atoms. The molecule has 4 N–H and O–H groups in total. The van der Waals surface area contributed by atoms with E-state index in [4.69, 9.17) is 20.9 Å². The smallest absolute Gasteiger partial charge is 0.222 e. The van der Waals surface area contributed by atoms with Gasteiger partial charge in [0.2, 0.25) is 5.95 Å². The molecule has 0 spiro atoms. The molecule has 0 aliphatic carbocycles. The molecule has 0 fully saturated rings. The van der Waals surface area contributed by atoms with Gasteiger partial charge in [-0.3, -0.25) is 0 Å². The first-order valence-corrected chi connectivity index (χ1v) is 8.42. The van der Waals surface area contributed by atoms with Gasteiger partial charge < -0.3 is 20.9 Å². The molecule has 1 heterocycles. The van der Waals surface area contributed by atoms with Gasteiger partial charge in [0, 0.05) is 5.56 Å². The van der Waals surface area contributed by atoms with Crippen LogP contribution in [-0.4, -0.2) is 17.1 Å². The quantitative estimate of drug-likeness (QED) is 0.705. The minimum Gasteiger partial charge on any atom is -0.496 e. The van der Waals surface area contributed by atoms with Gasteiger partial charge in [-0.25, -0.2) is 4.98 Å². The fourth-order valence-electron chi connectivity index (χ4n) is 2.24. The number of nitrogens with zero attached hydrogens (tertiary/aromatic N) is 2. The molecule has 6 nitrogen and oxygen atoms in total. The third kappa shape index (κ3) is 3.77. The maximum Gasteiger partial charge on any atom is 0.222 e. The summed E-state index contributed by atoms with van der Waals surface area (Å²) in [7, 11) is 1.66. The number of nitrogens with two attached hydrogens (primary N) is 2. The molecule has 1 aromatic carbocycles. The predicted molar refractivity (Wildman–Crippen MR) is 100 cm³/mol. The summed E-state index contributed by atoms with van der Waals surface area (Å²) in [5.41, 5.74) is 13.4. The van der Waals surface area contributed by atoms with E-state index in [1.54, 1.807) is 7.11 Å². The Morgan fingerprint density at radius 2 is 1.87 bits per heavy atom. The van der Waals surface area contributed by atoms with Gasteiger partial charge in [0.05, 0.1) is 16.4 Å². The van der Waals surface area contributed by atoms with Crippen molar-refractivity contribution in [3.8, 4) is 17.2 Å². The minimum absolute atomic E-state index is 0.153. The van der Waals surface area contributed by atoms with Crippen molar-refractivity contribution < 1.29 is 9.47 Å². The van der Waals surface area contributed by atoms with E-state index < -0.39 is 0 Å². The van der Waals surface area contributed by atoms with Gasteiger partial charge >= 0.3 is 0 Å². The molecule has 0 saturated carbocycles. The Balaban J connectivity index is 2.54. The molecule has 2 rings (SSSR count). The largest absolute Gasteiger partial charge is 0.496 e. The first-order chi connectivity index (χ1) is 10.9. The average Bonchev–Trinajstić information content (AvgIpc) is 2.49. The van der Waals surface area contributed by atoms with Gasteiger partial charge in [0.1, 0.15) is 11.5 Å². The van der Waals surface area contributed by atoms with Crippen molar-refractivity contribution in [1.82, 2.24) is 9.97 Å². The Bertz CT molecular complexity index is 720. The Labute approximate surface area is 149 Å². The Hall–Kier alpha value is -1.77. The lowest BCUT2D eigenvalue weighted by Gasteiger charge is -2.18. The molecule has 0 aliphatic heterocycles. The van der Waals surface area contributed by atoms with Crippen LogP contribution in [0.4, 0.5) is 11.8 Å². The van der Waals surface area contributed by atoms with E-state index in [2.05, 4.69) is 46.4 Å². The van der Waals surface area contributed by atoms with Crippen molar-refractivity contribution >= 4 is 34.4 Å². The number of benzene rings is 1. The van der Waals surface area contributed by atoms with Crippen LogP contribution in [0, 0.1) is 3.57 Å². The van der Waals surface area contributed by atoms with Gasteiger partial charge in [-0.2, -0.15) is 4.98 Å². The lowest BCUT2D eigenvalue weighted by atomic mass is 10.0. The van der Waals surface area contributed by atoms with Crippen LogP contribution < -0.4 is 20.9 Å². The lowest BCUT2D eigenvalue weighted by molar-refractivity contribution is 0.407. The molecule has 7 heteroatoms. The number of ether oxygens (including phenoxy) is 2. The van der Waals surface area contributed by atoms with Crippen LogP contribution in [-0.2, 0) is 6.42 Å². The second-order valence-electron chi connectivity index (χ2n) is 5.38. The minimum atomic E-state index is 0.153. The number of aryl methyl sites for hydroxylation is 1. The topological polar surface area (TPSA) is 96.3 Å². The Morgan fingerprint density at radius 3 is 2.43 bits per heavy atom. The van der Waals surface area contributed by atoms with Crippen LogP contribution in [0.3, 0.4) is 0 Å². The highest BCUT2D eigenvalue weighted by atomic mass is 127. The molecular weight excluding hydrogens is 407 g/mol.